The van der Waals surface area contributed by atoms with E-state index in [9.17, 15) is 13.2 Å². The minimum absolute atomic E-state index is 0.0132. The molecular formula is C19H23ClN4O4S2. The average molecular weight is 471 g/mol. The SMILES string of the molecule is O=C(CSc1nnc(-c2ccc(Cl)cc2)n1C[C@H]1CCCO1)N[C@@H]1CCS(=O)(=O)C1. The van der Waals surface area contributed by atoms with Crippen molar-refractivity contribution >= 4 is 39.1 Å². The van der Waals surface area contributed by atoms with Crippen LogP contribution in [-0.2, 0) is 25.9 Å². The lowest BCUT2D eigenvalue weighted by molar-refractivity contribution is -0.119. The van der Waals surface area contributed by atoms with Crippen LogP contribution in [-0.4, -0.2) is 65.1 Å². The van der Waals surface area contributed by atoms with Crippen LogP contribution in [0.4, 0.5) is 0 Å². The highest BCUT2D eigenvalue weighted by molar-refractivity contribution is 7.99. The maximum atomic E-state index is 12.3. The first-order valence-electron chi connectivity index (χ1n) is 9.83. The zero-order valence-corrected chi connectivity index (χ0v) is 18.7. The summed E-state index contributed by atoms with van der Waals surface area (Å²) >= 11 is 7.29. The number of carbonyl (C=O) groups is 1. The van der Waals surface area contributed by atoms with E-state index in [1.165, 1.54) is 11.8 Å². The summed E-state index contributed by atoms with van der Waals surface area (Å²) in [6.45, 7) is 1.36. The van der Waals surface area contributed by atoms with Crippen LogP contribution in [0.3, 0.4) is 0 Å². The Hall–Kier alpha value is -1.62. The van der Waals surface area contributed by atoms with Gasteiger partial charge in [0.25, 0.3) is 0 Å². The molecule has 1 N–H and O–H groups in total. The van der Waals surface area contributed by atoms with Crippen molar-refractivity contribution in [2.24, 2.45) is 0 Å². The number of benzene rings is 1. The molecule has 2 aliphatic heterocycles. The van der Waals surface area contributed by atoms with E-state index in [-0.39, 0.29) is 35.3 Å². The number of carbonyl (C=O) groups excluding carboxylic acids is 1. The summed E-state index contributed by atoms with van der Waals surface area (Å²) in [7, 11) is -3.03. The molecule has 2 aliphatic rings. The van der Waals surface area contributed by atoms with Crippen LogP contribution in [0.5, 0.6) is 0 Å². The summed E-state index contributed by atoms with van der Waals surface area (Å²) in [6, 6.07) is 7.08. The van der Waals surface area contributed by atoms with E-state index in [2.05, 4.69) is 15.5 Å². The smallest absolute Gasteiger partial charge is 0.230 e. The Morgan fingerprint density at radius 1 is 1.27 bits per heavy atom. The molecule has 0 unspecified atom stereocenters. The lowest BCUT2D eigenvalue weighted by atomic mass is 10.2. The number of ether oxygens (including phenoxy) is 1. The minimum Gasteiger partial charge on any atom is -0.376 e. The molecule has 2 atom stereocenters. The van der Waals surface area contributed by atoms with Gasteiger partial charge in [0, 0.05) is 23.2 Å². The molecule has 4 rings (SSSR count). The molecule has 0 aliphatic carbocycles. The van der Waals surface area contributed by atoms with Crippen molar-refractivity contribution in [3.63, 3.8) is 0 Å². The van der Waals surface area contributed by atoms with Crippen molar-refractivity contribution in [3.05, 3.63) is 29.3 Å². The fourth-order valence-corrected chi connectivity index (χ4v) is 6.23. The van der Waals surface area contributed by atoms with E-state index >= 15 is 0 Å². The molecule has 0 saturated carbocycles. The zero-order valence-electron chi connectivity index (χ0n) is 16.3. The first-order chi connectivity index (χ1) is 14.4. The molecule has 1 aromatic carbocycles. The maximum absolute atomic E-state index is 12.3. The summed E-state index contributed by atoms with van der Waals surface area (Å²) in [5.74, 6) is 0.777. The standard InChI is InChI=1S/C19H23ClN4O4S2/c20-14-5-3-13(4-6-14)18-22-23-19(24(18)10-16-2-1-8-28-16)29-11-17(25)21-15-7-9-30(26,27)12-15/h3-6,15-16H,1-2,7-12H2,(H,21,25)/t15-,16-/m1/s1. The maximum Gasteiger partial charge on any atom is 0.230 e. The second kappa shape index (κ2) is 9.25. The van der Waals surface area contributed by atoms with Crippen molar-refractivity contribution in [2.45, 2.75) is 43.1 Å². The van der Waals surface area contributed by atoms with E-state index < -0.39 is 9.84 Å². The van der Waals surface area contributed by atoms with Gasteiger partial charge in [-0.3, -0.25) is 9.36 Å². The summed E-state index contributed by atoms with van der Waals surface area (Å²) in [6.07, 6.45) is 2.55. The van der Waals surface area contributed by atoms with Crippen LogP contribution in [0.1, 0.15) is 19.3 Å². The molecule has 0 radical (unpaired) electrons. The van der Waals surface area contributed by atoms with Gasteiger partial charge in [0.1, 0.15) is 0 Å². The number of amides is 1. The summed E-state index contributed by atoms with van der Waals surface area (Å²) < 4.78 is 30.9. The van der Waals surface area contributed by atoms with Crippen molar-refractivity contribution in [1.82, 2.24) is 20.1 Å². The van der Waals surface area contributed by atoms with Gasteiger partial charge in [0.05, 0.1) is 29.9 Å². The minimum atomic E-state index is -3.03. The van der Waals surface area contributed by atoms with Crippen LogP contribution in [0.2, 0.25) is 5.02 Å². The zero-order chi connectivity index (χ0) is 21.1. The van der Waals surface area contributed by atoms with Gasteiger partial charge in [0.2, 0.25) is 5.91 Å². The fourth-order valence-electron chi connectivity index (χ4n) is 3.67. The molecule has 8 nitrogen and oxygen atoms in total. The van der Waals surface area contributed by atoms with Crippen molar-refractivity contribution in [2.75, 3.05) is 23.9 Å². The highest BCUT2D eigenvalue weighted by Gasteiger charge is 2.29. The number of aromatic nitrogens is 3. The van der Waals surface area contributed by atoms with Crippen molar-refractivity contribution in [3.8, 4) is 11.4 Å². The molecule has 30 heavy (non-hydrogen) atoms. The van der Waals surface area contributed by atoms with E-state index in [4.69, 9.17) is 16.3 Å². The molecule has 0 bridgehead atoms. The Labute approximate surface area is 184 Å². The lowest BCUT2D eigenvalue weighted by Gasteiger charge is -2.15. The van der Waals surface area contributed by atoms with Gasteiger partial charge >= 0.3 is 0 Å². The first kappa shape index (κ1) is 21.6. The number of hydrogen-bond acceptors (Lipinski definition) is 7. The van der Waals surface area contributed by atoms with E-state index in [1.54, 1.807) is 12.1 Å². The molecule has 3 heterocycles. The van der Waals surface area contributed by atoms with E-state index in [1.807, 2.05) is 16.7 Å². The largest absolute Gasteiger partial charge is 0.376 e. The van der Waals surface area contributed by atoms with Gasteiger partial charge in [-0.1, -0.05) is 23.4 Å². The Balaban J connectivity index is 1.46. The Bertz CT molecular complexity index is 1000. The quantitative estimate of drug-likeness (QED) is 0.618. The van der Waals surface area contributed by atoms with Gasteiger partial charge in [-0.15, -0.1) is 10.2 Å². The average Bonchev–Trinajstić information content (AvgIpc) is 3.42. The van der Waals surface area contributed by atoms with Crippen molar-refractivity contribution < 1.29 is 17.9 Å². The Kier molecular flexibility index (Phi) is 6.66. The predicted octanol–water partition coefficient (Wildman–Crippen LogP) is 2.17. The molecule has 2 saturated heterocycles. The second-order valence-corrected chi connectivity index (χ2v) is 11.1. The highest BCUT2D eigenvalue weighted by Crippen LogP contribution is 2.27. The molecule has 11 heteroatoms. The number of nitrogens with zero attached hydrogens (tertiary/aromatic N) is 3. The third kappa shape index (κ3) is 5.35. The van der Waals surface area contributed by atoms with Crippen molar-refractivity contribution in [1.29, 1.82) is 0 Å². The fraction of sp³-hybridized carbons (Fsp3) is 0.526. The van der Waals surface area contributed by atoms with Crippen LogP contribution in [0.15, 0.2) is 29.4 Å². The van der Waals surface area contributed by atoms with Gasteiger partial charge < -0.3 is 10.1 Å². The van der Waals surface area contributed by atoms with Gasteiger partial charge in [-0.05, 0) is 43.5 Å². The normalized spacial score (nSPS) is 23.0. The predicted molar refractivity (Wildman–Crippen MR) is 115 cm³/mol. The summed E-state index contributed by atoms with van der Waals surface area (Å²) in [4.78, 5) is 12.3. The Morgan fingerprint density at radius 3 is 2.73 bits per heavy atom. The molecule has 2 aromatic rings. The monoisotopic (exact) mass is 470 g/mol. The van der Waals surface area contributed by atoms with E-state index in [0.717, 1.165) is 25.0 Å². The van der Waals surface area contributed by atoms with Gasteiger partial charge in [0.15, 0.2) is 20.8 Å². The number of sulfone groups is 1. The summed E-state index contributed by atoms with van der Waals surface area (Å²) in [5.41, 5.74) is 0.886. The lowest BCUT2D eigenvalue weighted by Crippen LogP contribution is -2.36. The molecule has 2 fully saturated rings. The number of hydrogen-bond donors (Lipinski definition) is 1. The number of rotatable bonds is 7. The number of halogens is 1. The van der Waals surface area contributed by atoms with Crippen LogP contribution in [0, 0.1) is 0 Å². The van der Waals surface area contributed by atoms with E-state index in [0.29, 0.717) is 29.0 Å². The van der Waals surface area contributed by atoms with Gasteiger partial charge in [-0.2, -0.15) is 0 Å². The molecule has 1 aromatic heterocycles. The topological polar surface area (TPSA) is 103 Å². The van der Waals surface area contributed by atoms with Gasteiger partial charge in [-0.25, -0.2) is 8.42 Å². The molecular weight excluding hydrogens is 448 g/mol. The molecule has 0 spiro atoms. The Morgan fingerprint density at radius 2 is 2.07 bits per heavy atom. The van der Waals surface area contributed by atoms with Crippen LogP contribution >= 0.6 is 23.4 Å². The first-order valence-corrected chi connectivity index (χ1v) is 13.0. The number of nitrogens with one attached hydrogen (secondary N) is 1. The molecule has 1 amide bonds. The third-order valence-corrected chi connectivity index (χ3v) is 8.15. The van der Waals surface area contributed by atoms with Crippen LogP contribution in [0.25, 0.3) is 11.4 Å². The third-order valence-electron chi connectivity index (χ3n) is 5.16. The second-order valence-electron chi connectivity index (χ2n) is 7.51. The molecule has 162 valence electrons. The summed E-state index contributed by atoms with van der Waals surface area (Å²) in [5, 5.41) is 12.7. The van der Waals surface area contributed by atoms with Crippen LogP contribution < -0.4 is 5.32 Å². The number of thioether (sulfide) groups is 1. The highest BCUT2D eigenvalue weighted by atomic mass is 35.5.